The molecule has 0 spiro atoms. The van der Waals surface area contributed by atoms with Crippen LogP contribution in [0.15, 0.2) is 285 Å². The summed E-state index contributed by atoms with van der Waals surface area (Å²) in [6.07, 6.45) is 0. The molecule has 3 heteroatoms. The Hall–Kier alpha value is -9.12. The summed E-state index contributed by atoms with van der Waals surface area (Å²) in [6, 6.07) is 106. The third kappa shape index (κ3) is 7.19. The van der Waals surface area contributed by atoms with Crippen LogP contribution < -0.4 is 4.90 Å². The topological polar surface area (TPSA) is 3.24 Å². The van der Waals surface area contributed by atoms with Gasteiger partial charge < -0.3 is 4.90 Å². The highest BCUT2D eigenvalue weighted by atomic mass is 32.1. The van der Waals surface area contributed by atoms with E-state index in [1.807, 2.05) is 22.7 Å². The van der Waals surface area contributed by atoms with E-state index >= 15 is 0 Å². The molecule has 0 unspecified atom stereocenters. The molecule has 0 bridgehead atoms. The molecule has 2 heterocycles. The van der Waals surface area contributed by atoms with E-state index in [-0.39, 0.29) is 0 Å². The highest BCUT2D eigenvalue weighted by Crippen LogP contribution is 2.59. The molecule has 12 aromatic carbocycles. The zero-order valence-electron chi connectivity index (χ0n) is 41.4. The van der Waals surface area contributed by atoms with Gasteiger partial charge in [-0.15, -0.1) is 22.7 Å². The minimum Gasteiger partial charge on any atom is -0.310 e. The summed E-state index contributed by atoms with van der Waals surface area (Å²) >= 11 is 3.72. The molecule has 0 amide bonds. The molecule has 14 aromatic rings. The molecular formula is C73H47NS2. The summed E-state index contributed by atoms with van der Waals surface area (Å²) in [7, 11) is 0. The lowest BCUT2D eigenvalue weighted by Crippen LogP contribution is -2.28. The van der Waals surface area contributed by atoms with E-state index in [9.17, 15) is 0 Å². The smallest absolute Gasteiger partial charge is 0.0714 e. The van der Waals surface area contributed by atoms with Crippen LogP contribution in [0, 0.1) is 0 Å². The van der Waals surface area contributed by atoms with Crippen LogP contribution in [0.3, 0.4) is 0 Å². The second-order valence-electron chi connectivity index (χ2n) is 19.9. The van der Waals surface area contributed by atoms with Gasteiger partial charge >= 0.3 is 0 Å². The average molecular weight is 1000 g/mol. The molecule has 2 aromatic heterocycles. The van der Waals surface area contributed by atoms with Crippen molar-refractivity contribution < 1.29 is 0 Å². The highest BCUT2D eigenvalue weighted by Gasteiger charge is 2.47. The maximum absolute atomic E-state index is 2.47. The Labute approximate surface area is 450 Å². The third-order valence-corrected chi connectivity index (χ3v) is 18.1. The summed E-state index contributed by atoms with van der Waals surface area (Å²) in [5.74, 6) is 0. The molecule has 0 saturated heterocycles. The van der Waals surface area contributed by atoms with Gasteiger partial charge in [0.25, 0.3) is 0 Å². The average Bonchev–Trinajstić information content (AvgIpc) is 4.32. The minimum atomic E-state index is -0.519. The molecule has 1 aliphatic rings. The predicted octanol–water partition coefficient (Wildman–Crippen LogP) is 20.9. The van der Waals surface area contributed by atoms with E-state index in [0.29, 0.717) is 0 Å². The summed E-state index contributed by atoms with van der Waals surface area (Å²) in [4.78, 5) is 2.47. The van der Waals surface area contributed by atoms with E-state index in [1.54, 1.807) is 0 Å². The van der Waals surface area contributed by atoms with Crippen LogP contribution in [0.2, 0.25) is 0 Å². The normalized spacial score (nSPS) is 12.6. The third-order valence-electron chi connectivity index (χ3n) is 15.8. The van der Waals surface area contributed by atoms with E-state index in [1.165, 1.54) is 118 Å². The fraction of sp³-hybridized carbons (Fsp3) is 0.0137. The molecule has 1 aliphatic carbocycles. The molecule has 0 radical (unpaired) electrons. The van der Waals surface area contributed by atoms with Crippen molar-refractivity contribution in [2.24, 2.45) is 0 Å². The molecule has 0 aliphatic heterocycles. The number of hydrogen-bond donors (Lipinski definition) is 0. The van der Waals surface area contributed by atoms with Crippen molar-refractivity contribution in [2.45, 2.75) is 5.41 Å². The van der Waals surface area contributed by atoms with E-state index < -0.39 is 5.41 Å². The van der Waals surface area contributed by atoms with Gasteiger partial charge in [0.15, 0.2) is 0 Å². The summed E-state index contributed by atoms with van der Waals surface area (Å²) in [6.45, 7) is 0. The SMILES string of the molecule is c1ccc(C2(c3ccccc3)c3ccccc3-c3c(N(c4ccc(-c5ccc(-c6ccc7sc8ccccc8c7c6)cc5)cc4)c4ccc(-c5ccc(-c6ccc7sc8ccccc8c7c6)cc5)cc4)cccc32)cc1. The lowest BCUT2D eigenvalue weighted by molar-refractivity contribution is 0.768. The lowest BCUT2D eigenvalue weighted by Gasteiger charge is -2.34. The second kappa shape index (κ2) is 18.1. The quantitative estimate of drug-likeness (QED) is 0.139. The van der Waals surface area contributed by atoms with Crippen molar-refractivity contribution in [1.82, 2.24) is 0 Å². The second-order valence-corrected chi connectivity index (χ2v) is 22.1. The van der Waals surface area contributed by atoms with Gasteiger partial charge in [-0.25, -0.2) is 0 Å². The van der Waals surface area contributed by atoms with Gasteiger partial charge in [0.2, 0.25) is 0 Å². The van der Waals surface area contributed by atoms with Gasteiger partial charge in [0, 0.05) is 57.3 Å². The van der Waals surface area contributed by atoms with Gasteiger partial charge in [-0.2, -0.15) is 0 Å². The maximum atomic E-state index is 2.47. The highest BCUT2D eigenvalue weighted by molar-refractivity contribution is 7.26. The van der Waals surface area contributed by atoms with Crippen LogP contribution in [0.4, 0.5) is 17.1 Å². The standard InChI is InChI=1S/C73H47NS2/c1-3-14-56(15-4-1)73(57-16-5-2-6-17-57)65-21-10-7-20-62(65)72-66(73)22-13-23-67(72)74(58-40-34-50(35-41-58)48-26-30-52(31-27-48)54-38-44-70-63(46-54)60-18-8-11-24-68(60)75-70)59-42-36-51(37-43-59)49-28-32-53(33-29-49)55-39-45-71-64(47-55)61-19-9-12-25-69(61)76-71/h1-47H. The predicted molar refractivity (Wildman–Crippen MR) is 326 cm³/mol. The fourth-order valence-corrected chi connectivity index (χ4v) is 14.4. The zero-order chi connectivity index (χ0) is 50.2. The maximum Gasteiger partial charge on any atom is 0.0714 e. The number of benzene rings is 12. The van der Waals surface area contributed by atoms with Crippen molar-refractivity contribution >= 4 is 80.1 Å². The lowest BCUT2D eigenvalue weighted by atomic mass is 9.68. The number of anilines is 3. The largest absolute Gasteiger partial charge is 0.310 e. The number of nitrogens with zero attached hydrogens (tertiary/aromatic N) is 1. The van der Waals surface area contributed by atoms with Crippen molar-refractivity contribution in [1.29, 1.82) is 0 Å². The summed E-state index contributed by atoms with van der Waals surface area (Å²) in [5.41, 5.74) is 20.0. The zero-order valence-corrected chi connectivity index (χ0v) is 43.0. The van der Waals surface area contributed by atoms with E-state index in [4.69, 9.17) is 0 Å². The van der Waals surface area contributed by atoms with E-state index in [0.717, 1.165) is 17.1 Å². The number of hydrogen-bond acceptors (Lipinski definition) is 3. The Balaban J connectivity index is 0.822. The molecule has 0 atom stereocenters. The van der Waals surface area contributed by atoms with Crippen LogP contribution >= 0.6 is 22.7 Å². The fourth-order valence-electron chi connectivity index (χ4n) is 12.2. The van der Waals surface area contributed by atoms with Crippen molar-refractivity contribution in [3.63, 3.8) is 0 Å². The first-order valence-electron chi connectivity index (χ1n) is 26.0. The Kier molecular flexibility index (Phi) is 10.6. The Bertz CT molecular complexity index is 4230. The minimum absolute atomic E-state index is 0.519. The first kappa shape index (κ1) is 44.4. The van der Waals surface area contributed by atoms with Gasteiger partial charge in [-0.1, -0.05) is 218 Å². The van der Waals surface area contributed by atoms with Crippen LogP contribution in [0.1, 0.15) is 22.3 Å². The Morgan fingerprint density at radius 1 is 0.263 bits per heavy atom. The number of thiophene rings is 2. The summed E-state index contributed by atoms with van der Waals surface area (Å²) < 4.78 is 5.31. The Morgan fingerprint density at radius 2 is 0.632 bits per heavy atom. The number of rotatable bonds is 9. The van der Waals surface area contributed by atoms with Crippen LogP contribution in [-0.2, 0) is 5.41 Å². The first-order valence-corrected chi connectivity index (χ1v) is 27.7. The van der Waals surface area contributed by atoms with E-state index in [2.05, 4.69) is 290 Å². The monoisotopic (exact) mass is 1000 g/mol. The van der Waals surface area contributed by atoms with Gasteiger partial charge in [-0.05, 0) is 139 Å². The van der Waals surface area contributed by atoms with Crippen LogP contribution in [-0.4, -0.2) is 0 Å². The molecule has 0 saturated carbocycles. The molecule has 15 rings (SSSR count). The molecule has 76 heavy (non-hydrogen) atoms. The first-order chi connectivity index (χ1) is 37.7. The van der Waals surface area contributed by atoms with Crippen molar-refractivity contribution in [3.8, 4) is 55.6 Å². The summed E-state index contributed by atoms with van der Waals surface area (Å²) in [5, 5.41) is 5.29. The molecule has 356 valence electrons. The molecule has 1 nitrogen and oxygen atoms in total. The Morgan fingerprint density at radius 3 is 1.12 bits per heavy atom. The number of fused-ring (bicyclic) bond motifs is 9. The molecular weight excluding hydrogens is 955 g/mol. The van der Waals surface area contributed by atoms with Crippen LogP contribution in [0.25, 0.3) is 96.0 Å². The van der Waals surface area contributed by atoms with Crippen molar-refractivity contribution in [3.05, 3.63) is 307 Å². The van der Waals surface area contributed by atoms with Gasteiger partial charge in [-0.3, -0.25) is 0 Å². The van der Waals surface area contributed by atoms with Crippen LogP contribution in [0.5, 0.6) is 0 Å². The van der Waals surface area contributed by atoms with Crippen molar-refractivity contribution in [2.75, 3.05) is 4.90 Å². The van der Waals surface area contributed by atoms with Gasteiger partial charge in [0.05, 0.1) is 11.1 Å². The van der Waals surface area contributed by atoms with Gasteiger partial charge in [0.1, 0.15) is 0 Å². The molecule has 0 N–H and O–H groups in total. The molecule has 0 fully saturated rings.